The van der Waals surface area contributed by atoms with Gasteiger partial charge in [-0.15, -0.1) is 0 Å². The lowest BCUT2D eigenvalue weighted by molar-refractivity contribution is -0.337. The average Bonchev–Trinajstić information content (AvgIpc) is 2.64. The van der Waals surface area contributed by atoms with Crippen molar-refractivity contribution in [3.63, 3.8) is 0 Å². The summed E-state index contributed by atoms with van der Waals surface area (Å²) in [7, 11) is 0. The molecule has 1 unspecified atom stereocenters. The highest BCUT2D eigenvalue weighted by Crippen LogP contribution is 2.26. The second-order valence-corrected chi connectivity index (χ2v) is 5.43. The van der Waals surface area contributed by atoms with Crippen molar-refractivity contribution in [1.82, 2.24) is 0 Å². The highest BCUT2D eigenvalue weighted by Gasteiger charge is 2.44. The molecule has 0 aliphatic carbocycles. The lowest BCUT2D eigenvalue weighted by Crippen LogP contribution is -2.48. The van der Waals surface area contributed by atoms with Gasteiger partial charge in [0.25, 0.3) is 0 Å². The molecule has 0 radical (unpaired) electrons. The number of hydrogen-bond acceptors (Lipinski definition) is 6. The van der Waals surface area contributed by atoms with E-state index in [0.717, 1.165) is 0 Å². The molecule has 0 aliphatic heterocycles. The van der Waals surface area contributed by atoms with Gasteiger partial charge in [-0.05, 0) is 30.7 Å². The lowest BCUT2D eigenvalue weighted by atomic mass is 10.0. The first kappa shape index (κ1) is 18.6. The number of benzene rings is 2. The minimum absolute atomic E-state index is 0.185. The predicted molar refractivity (Wildman–Crippen MR) is 89.5 cm³/mol. The molecule has 0 aliphatic rings. The van der Waals surface area contributed by atoms with Gasteiger partial charge < -0.3 is 19.7 Å². The number of rotatable bonds is 7. The van der Waals surface area contributed by atoms with Crippen LogP contribution in [0.25, 0.3) is 0 Å². The molecule has 0 fully saturated rings. The van der Waals surface area contributed by atoms with Crippen LogP contribution in [-0.2, 0) is 9.47 Å². The van der Waals surface area contributed by atoms with Crippen molar-refractivity contribution < 1.29 is 29.3 Å². The van der Waals surface area contributed by atoms with Crippen molar-refractivity contribution in [1.29, 1.82) is 0 Å². The van der Waals surface area contributed by atoms with Gasteiger partial charge >= 0.3 is 17.9 Å². The highest BCUT2D eigenvalue weighted by molar-refractivity contribution is 5.91. The Kier molecular flexibility index (Phi) is 6.27. The van der Waals surface area contributed by atoms with Crippen molar-refractivity contribution in [3.05, 3.63) is 71.8 Å². The van der Waals surface area contributed by atoms with Gasteiger partial charge in [0, 0.05) is 0 Å². The molecule has 0 saturated carbocycles. The van der Waals surface area contributed by atoms with E-state index < -0.39 is 30.4 Å². The fourth-order valence-electron chi connectivity index (χ4n) is 2.22. The van der Waals surface area contributed by atoms with Crippen LogP contribution in [-0.4, -0.2) is 34.7 Å². The largest absolute Gasteiger partial charge is 0.396 e. The molecular weight excluding hydrogens is 324 g/mol. The van der Waals surface area contributed by atoms with Gasteiger partial charge in [-0.1, -0.05) is 43.3 Å². The van der Waals surface area contributed by atoms with Gasteiger partial charge in [-0.3, -0.25) is 0 Å². The van der Waals surface area contributed by atoms with E-state index in [0.29, 0.717) is 0 Å². The first-order valence-corrected chi connectivity index (χ1v) is 7.90. The SMILES string of the molecule is CCC(CO)C(O)(OC(=O)c1ccccc1)OC(=O)c1ccccc1. The molecule has 2 aromatic rings. The second-order valence-electron chi connectivity index (χ2n) is 5.43. The topological polar surface area (TPSA) is 93.1 Å². The van der Waals surface area contributed by atoms with E-state index in [-0.39, 0.29) is 17.5 Å². The third kappa shape index (κ3) is 4.65. The first-order valence-electron chi connectivity index (χ1n) is 7.90. The summed E-state index contributed by atoms with van der Waals surface area (Å²) in [5, 5.41) is 20.2. The van der Waals surface area contributed by atoms with Gasteiger partial charge in [-0.25, -0.2) is 9.59 Å². The summed E-state index contributed by atoms with van der Waals surface area (Å²) in [6.07, 6.45) is 0.219. The molecule has 1 atom stereocenters. The minimum Gasteiger partial charge on any atom is -0.396 e. The number of ether oxygens (including phenoxy) is 2. The molecule has 0 bridgehead atoms. The maximum atomic E-state index is 12.3. The van der Waals surface area contributed by atoms with Crippen LogP contribution in [0.4, 0.5) is 0 Å². The molecule has 2 aromatic carbocycles. The number of hydrogen-bond donors (Lipinski definition) is 2. The molecule has 0 heterocycles. The summed E-state index contributed by atoms with van der Waals surface area (Å²) in [5.74, 6) is -5.30. The lowest BCUT2D eigenvalue weighted by Gasteiger charge is -2.32. The van der Waals surface area contributed by atoms with Gasteiger partial charge in [0.05, 0.1) is 23.7 Å². The molecule has 0 amide bonds. The van der Waals surface area contributed by atoms with Crippen LogP contribution in [0.15, 0.2) is 60.7 Å². The van der Waals surface area contributed by atoms with Gasteiger partial charge in [0.2, 0.25) is 0 Å². The Hall–Kier alpha value is -2.70. The molecule has 6 heteroatoms. The average molecular weight is 344 g/mol. The Labute approximate surface area is 145 Å². The van der Waals surface area contributed by atoms with Crippen molar-refractivity contribution in [2.75, 3.05) is 6.61 Å². The summed E-state index contributed by atoms with van der Waals surface area (Å²) < 4.78 is 10.1. The second kappa shape index (κ2) is 8.41. The van der Waals surface area contributed by atoms with E-state index in [1.165, 1.54) is 24.3 Å². The summed E-state index contributed by atoms with van der Waals surface area (Å²) in [6, 6.07) is 16.0. The fourth-order valence-corrected chi connectivity index (χ4v) is 2.22. The van der Waals surface area contributed by atoms with E-state index in [2.05, 4.69) is 0 Å². The smallest absolute Gasteiger partial charge is 0.378 e. The van der Waals surface area contributed by atoms with Crippen molar-refractivity contribution >= 4 is 11.9 Å². The quantitative estimate of drug-likeness (QED) is 0.592. The Bertz CT molecular complexity index is 641. The zero-order valence-corrected chi connectivity index (χ0v) is 13.8. The van der Waals surface area contributed by atoms with Crippen LogP contribution in [0.1, 0.15) is 34.1 Å². The summed E-state index contributed by atoms with van der Waals surface area (Å²) >= 11 is 0. The van der Waals surface area contributed by atoms with Crippen LogP contribution in [0, 0.1) is 5.92 Å². The number of carbonyl (C=O) groups is 2. The summed E-state index contributed by atoms with van der Waals surface area (Å²) in [4.78, 5) is 24.5. The Morgan fingerprint density at radius 3 is 1.64 bits per heavy atom. The molecule has 0 aromatic heterocycles. The third-order valence-corrected chi connectivity index (χ3v) is 3.73. The maximum absolute atomic E-state index is 12.3. The molecular formula is C19H20O6. The van der Waals surface area contributed by atoms with E-state index >= 15 is 0 Å². The van der Waals surface area contributed by atoms with Gasteiger partial charge in [0.1, 0.15) is 0 Å². The summed E-state index contributed by atoms with van der Waals surface area (Å²) in [6.45, 7) is 1.13. The van der Waals surface area contributed by atoms with Crippen LogP contribution >= 0.6 is 0 Å². The number of esters is 2. The minimum atomic E-state index is -2.58. The van der Waals surface area contributed by atoms with Crippen molar-refractivity contribution in [3.8, 4) is 0 Å². The molecule has 2 N–H and O–H groups in total. The molecule has 2 rings (SSSR count). The fraction of sp³-hybridized carbons (Fsp3) is 0.263. The van der Waals surface area contributed by atoms with Crippen LogP contribution in [0.3, 0.4) is 0 Å². The summed E-state index contributed by atoms with van der Waals surface area (Å²) in [5.41, 5.74) is 0.369. The molecule has 25 heavy (non-hydrogen) atoms. The standard InChI is InChI=1S/C19H20O6/c1-2-16(13-20)19(23,24-17(21)14-9-5-3-6-10-14)25-18(22)15-11-7-4-8-12-15/h3-12,16,20,23H,2,13H2,1H3. The highest BCUT2D eigenvalue weighted by atomic mass is 16.8. The molecule has 0 spiro atoms. The number of carbonyl (C=O) groups excluding carboxylic acids is 2. The Morgan fingerprint density at radius 1 is 0.920 bits per heavy atom. The van der Waals surface area contributed by atoms with E-state index in [9.17, 15) is 19.8 Å². The monoisotopic (exact) mass is 344 g/mol. The maximum Gasteiger partial charge on any atom is 0.378 e. The zero-order valence-electron chi connectivity index (χ0n) is 13.8. The third-order valence-electron chi connectivity index (χ3n) is 3.73. The molecule has 0 saturated heterocycles. The van der Waals surface area contributed by atoms with E-state index in [4.69, 9.17) is 9.47 Å². The zero-order chi connectivity index (χ0) is 18.3. The van der Waals surface area contributed by atoms with Crippen LogP contribution in [0.2, 0.25) is 0 Å². The first-order chi connectivity index (χ1) is 12.0. The molecule has 132 valence electrons. The van der Waals surface area contributed by atoms with Crippen LogP contribution in [0.5, 0.6) is 0 Å². The molecule has 6 nitrogen and oxygen atoms in total. The van der Waals surface area contributed by atoms with E-state index in [1.807, 2.05) is 0 Å². The Morgan fingerprint density at radius 2 is 1.32 bits per heavy atom. The van der Waals surface area contributed by atoms with Gasteiger partial charge in [-0.2, -0.15) is 0 Å². The number of aliphatic hydroxyl groups is 2. The number of aliphatic hydroxyl groups excluding tert-OH is 1. The predicted octanol–water partition coefficient (Wildman–Crippen LogP) is 2.37. The van der Waals surface area contributed by atoms with Crippen LogP contribution < -0.4 is 0 Å². The van der Waals surface area contributed by atoms with Crippen molar-refractivity contribution in [2.24, 2.45) is 5.92 Å². The van der Waals surface area contributed by atoms with E-state index in [1.54, 1.807) is 43.3 Å². The van der Waals surface area contributed by atoms with Crippen molar-refractivity contribution in [2.45, 2.75) is 19.3 Å². The van der Waals surface area contributed by atoms with Gasteiger partial charge in [0.15, 0.2) is 0 Å². The normalized spacial score (nSPS) is 12.3. The Balaban J connectivity index is 2.24.